The van der Waals surface area contributed by atoms with Gasteiger partial charge in [-0.05, 0) is 24.3 Å². The van der Waals surface area contributed by atoms with E-state index in [0.29, 0.717) is 24.3 Å². The van der Waals surface area contributed by atoms with E-state index < -0.39 is 27.9 Å². The third-order valence-corrected chi connectivity index (χ3v) is 4.96. The first-order valence-electron chi connectivity index (χ1n) is 6.73. The van der Waals surface area contributed by atoms with E-state index >= 15 is 0 Å². The zero-order chi connectivity index (χ0) is 16.6. The number of carbonyl (C=O) groups is 1. The van der Waals surface area contributed by atoms with Gasteiger partial charge in [0.15, 0.2) is 0 Å². The minimum absolute atomic E-state index is 0.195. The summed E-state index contributed by atoms with van der Waals surface area (Å²) in [5, 5.41) is 8.84. The quantitative estimate of drug-likeness (QED) is 0.784. The van der Waals surface area contributed by atoms with E-state index in [-0.39, 0.29) is 10.6 Å². The fourth-order valence-electron chi connectivity index (χ4n) is 2.40. The van der Waals surface area contributed by atoms with Gasteiger partial charge in [0.25, 0.3) is 0 Å². The topological polar surface area (TPSA) is 108 Å². The van der Waals surface area contributed by atoms with Crippen LogP contribution in [0.5, 0.6) is 5.75 Å². The molecule has 23 heavy (non-hydrogen) atoms. The predicted molar refractivity (Wildman–Crippen MR) is 77.3 cm³/mol. The molecule has 9 heteroatoms. The zero-order valence-corrected chi connectivity index (χ0v) is 12.6. The Morgan fingerprint density at radius 2 is 2.17 bits per heavy atom. The Bertz CT molecular complexity index is 862. The number of carboxylic acids is 1. The van der Waals surface area contributed by atoms with Crippen molar-refractivity contribution in [1.29, 1.82) is 0 Å². The maximum absolute atomic E-state index is 13.4. The van der Waals surface area contributed by atoms with Crippen molar-refractivity contribution in [2.75, 3.05) is 6.61 Å². The molecule has 0 spiro atoms. The Morgan fingerprint density at radius 1 is 1.39 bits per heavy atom. The average Bonchev–Trinajstić information content (AvgIpc) is 2.98. The molecule has 1 aromatic heterocycles. The summed E-state index contributed by atoms with van der Waals surface area (Å²) in [5.41, 5.74) is 0.178. The standard InChI is InChI=1S/C14H13FN2O5S/c15-8-1-2-13-10(5-8)11(3-4-22-13)17-23(20,21)9-6-12(14(18)19)16-7-9/h1-2,5-7,11,16-17H,3-4H2,(H,18,19). The highest BCUT2D eigenvalue weighted by Crippen LogP contribution is 2.33. The van der Waals surface area contributed by atoms with E-state index in [1.165, 1.54) is 18.2 Å². The number of hydrogen-bond acceptors (Lipinski definition) is 4. The SMILES string of the molecule is O=C(O)c1cc(S(=O)(=O)NC2CCOc3ccc(F)cc32)c[nH]1. The minimum Gasteiger partial charge on any atom is -0.493 e. The summed E-state index contributed by atoms with van der Waals surface area (Å²) in [6, 6.07) is 4.28. The molecular weight excluding hydrogens is 327 g/mol. The number of rotatable bonds is 4. The van der Waals surface area contributed by atoms with Gasteiger partial charge in [0.2, 0.25) is 10.0 Å². The number of fused-ring (bicyclic) bond motifs is 1. The number of hydrogen-bond donors (Lipinski definition) is 3. The molecule has 1 aliphatic heterocycles. The van der Waals surface area contributed by atoms with Gasteiger partial charge in [-0.15, -0.1) is 0 Å². The molecule has 0 bridgehead atoms. The molecule has 0 saturated carbocycles. The van der Waals surface area contributed by atoms with Gasteiger partial charge in [-0.25, -0.2) is 22.3 Å². The van der Waals surface area contributed by atoms with Crippen molar-refractivity contribution in [1.82, 2.24) is 9.71 Å². The summed E-state index contributed by atoms with van der Waals surface area (Å²) in [4.78, 5) is 13.0. The third-order valence-electron chi connectivity index (χ3n) is 3.51. The van der Waals surface area contributed by atoms with Crippen LogP contribution in [-0.2, 0) is 10.0 Å². The van der Waals surface area contributed by atoms with Gasteiger partial charge in [0, 0.05) is 18.2 Å². The lowest BCUT2D eigenvalue weighted by molar-refractivity contribution is 0.0691. The number of nitrogens with one attached hydrogen (secondary N) is 2. The van der Waals surface area contributed by atoms with E-state index in [4.69, 9.17) is 9.84 Å². The molecule has 3 N–H and O–H groups in total. The Morgan fingerprint density at radius 3 is 2.87 bits per heavy atom. The maximum atomic E-state index is 13.4. The van der Waals surface area contributed by atoms with Gasteiger partial charge >= 0.3 is 5.97 Å². The zero-order valence-electron chi connectivity index (χ0n) is 11.7. The van der Waals surface area contributed by atoms with E-state index in [1.807, 2.05) is 0 Å². The molecule has 0 saturated heterocycles. The summed E-state index contributed by atoms with van der Waals surface area (Å²) >= 11 is 0. The second-order valence-corrected chi connectivity index (χ2v) is 6.76. The van der Waals surface area contributed by atoms with E-state index in [2.05, 4.69) is 9.71 Å². The minimum atomic E-state index is -3.95. The monoisotopic (exact) mass is 340 g/mol. The number of H-pyrrole nitrogens is 1. The van der Waals surface area contributed by atoms with Crippen LogP contribution in [0.3, 0.4) is 0 Å². The molecule has 0 amide bonds. The van der Waals surface area contributed by atoms with Crippen LogP contribution >= 0.6 is 0 Å². The van der Waals surface area contributed by atoms with E-state index in [9.17, 15) is 17.6 Å². The van der Waals surface area contributed by atoms with Crippen LogP contribution in [0.2, 0.25) is 0 Å². The van der Waals surface area contributed by atoms with Crippen molar-refractivity contribution >= 4 is 16.0 Å². The van der Waals surface area contributed by atoms with Crippen LogP contribution in [0, 0.1) is 5.82 Å². The fourth-order valence-corrected chi connectivity index (χ4v) is 3.64. The summed E-state index contributed by atoms with van der Waals surface area (Å²) < 4.78 is 46.0. The van der Waals surface area contributed by atoms with Gasteiger partial charge in [-0.3, -0.25) is 0 Å². The molecule has 0 radical (unpaired) electrons. The first-order valence-corrected chi connectivity index (χ1v) is 8.21. The van der Waals surface area contributed by atoms with Gasteiger partial charge in [-0.1, -0.05) is 0 Å². The number of halogens is 1. The Balaban J connectivity index is 1.89. The maximum Gasteiger partial charge on any atom is 0.352 e. The summed E-state index contributed by atoms with van der Waals surface area (Å²) in [6.07, 6.45) is 1.43. The Kier molecular flexibility index (Phi) is 3.82. The summed E-state index contributed by atoms with van der Waals surface area (Å²) in [5.74, 6) is -1.33. The molecule has 0 fully saturated rings. The summed E-state index contributed by atoms with van der Waals surface area (Å²) in [6.45, 7) is 0.291. The molecule has 2 heterocycles. The molecule has 0 aliphatic carbocycles. The first-order chi connectivity index (χ1) is 10.9. The van der Waals surface area contributed by atoms with Crippen LogP contribution in [0.25, 0.3) is 0 Å². The normalized spacial score (nSPS) is 17.3. The van der Waals surface area contributed by atoms with Crippen molar-refractivity contribution < 1.29 is 27.4 Å². The largest absolute Gasteiger partial charge is 0.493 e. The molecule has 1 aliphatic rings. The van der Waals surface area contributed by atoms with Crippen molar-refractivity contribution in [3.63, 3.8) is 0 Å². The van der Waals surface area contributed by atoms with Crippen LogP contribution in [0.15, 0.2) is 35.4 Å². The van der Waals surface area contributed by atoms with Crippen molar-refractivity contribution in [2.45, 2.75) is 17.4 Å². The number of sulfonamides is 1. The molecule has 3 rings (SSSR count). The molecule has 1 aromatic carbocycles. The van der Waals surface area contributed by atoms with Gasteiger partial charge < -0.3 is 14.8 Å². The third kappa shape index (κ3) is 3.06. The molecule has 1 atom stereocenters. The second-order valence-electron chi connectivity index (χ2n) is 5.05. The number of aromatic nitrogens is 1. The molecule has 1 unspecified atom stereocenters. The Labute approximate surface area is 131 Å². The number of benzene rings is 1. The first kappa shape index (κ1) is 15.5. The number of aromatic amines is 1. The lowest BCUT2D eigenvalue weighted by Gasteiger charge is -2.26. The number of ether oxygens (including phenoxy) is 1. The molecule has 122 valence electrons. The molecular formula is C14H13FN2O5S. The lowest BCUT2D eigenvalue weighted by atomic mass is 10.0. The number of carboxylic acid groups (broad SMARTS) is 1. The second kappa shape index (κ2) is 5.67. The molecule has 7 nitrogen and oxygen atoms in total. The fraction of sp³-hybridized carbons (Fsp3) is 0.214. The van der Waals surface area contributed by atoms with Gasteiger partial charge in [0.05, 0.1) is 12.6 Å². The Hall–Kier alpha value is -2.39. The van der Waals surface area contributed by atoms with Crippen LogP contribution in [0.1, 0.15) is 28.5 Å². The highest BCUT2D eigenvalue weighted by Gasteiger charge is 2.28. The predicted octanol–water partition coefficient (Wildman–Crippen LogP) is 1.65. The van der Waals surface area contributed by atoms with Crippen molar-refractivity contribution in [3.05, 3.63) is 47.5 Å². The van der Waals surface area contributed by atoms with Crippen LogP contribution < -0.4 is 9.46 Å². The molecule has 2 aromatic rings. The van der Waals surface area contributed by atoms with E-state index in [0.717, 1.165) is 12.3 Å². The highest BCUT2D eigenvalue weighted by molar-refractivity contribution is 7.89. The van der Waals surface area contributed by atoms with Crippen molar-refractivity contribution in [3.8, 4) is 5.75 Å². The van der Waals surface area contributed by atoms with E-state index in [1.54, 1.807) is 0 Å². The highest BCUT2D eigenvalue weighted by atomic mass is 32.2. The van der Waals surface area contributed by atoms with Gasteiger partial charge in [-0.2, -0.15) is 0 Å². The average molecular weight is 340 g/mol. The number of aromatic carboxylic acids is 1. The lowest BCUT2D eigenvalue weighted by Crippen LogP contribution is -2.32. The van der Waals surface area contributed by atoms with Crippen molar-refractivity contribution in [2.24, 2.45) is 0 Å². The van der Waals surface area contributed by atoms with Crippen LogP contribution in [0.4, 0.5) is 4.39 Å². The summed E-state index contributed by atoms with van der Waals surface area (Å²) in [7, 11) is -3.95. The smallest absolute Gasteiger partial charge is 0.352 e. The van der Waals surface area contributed by atoms with Crippen LogP contribution in [-0.4, -0.2) is 31.1 Å². The van der Waals surface area contributed by atoms with Gasteiger partial charge in [0.1, 0.15) is 22.2 Å².